The van der Waals surface area contributed by atoms with Crippen molar-refractivity contribution >= 4 is 29.3 Å². The van der Waals surface area contributed by atoms with Crippen LogP contribution in [0, 0.1) is 20.8 Å². The van der Waals surface area contributed by atoms with Crippen molar-refractivity contribution in [2.45, 2.75) is 51.6 Å². The molecule has 0 saturated heterocycles. The van der Waals surface area contributed by atoms with Crippen molar-refractivity contribution in [1.29, 1.82) is 0 Å². The number of benzene rings is 3. The van der Waals surface area contributed by atoms with Gasteiger partial charge in [0.15, 0.2) is 0 Å². The molecule has 0 saturated carbocycles. The summed E-state index contributed by atoms with van der Waals surface area (Å²) in [5.74, 6) is 1.98. The Morgan fingerprint density at radius 2 is 1.79 bits per heavy atom. The summed E-state index contributed by atoms with van der Waals surface area (Å²) in [6, 6.07) is 21.6. The number of para-hydroxylation sites is 1. The zero-order valence-electron chi connectivity index (χ0n) is 22.9. The molecule has 2 heterocycles. The van der Waals surface area contributed by atoms with E-state index in [1.165, 1.54) is 16.7 Å². The van der Waals surface area contributed by atoms with Crippen molar-refractivity contribution in [2.75, 3.05) is 17.2 Å². The predicted octanol–water partition coefficient (Wildman–Crippen LogP) is 6.82. The number of allylic oxidation sites excluding steroid dienone is 1. The van der Waals surface area contributed by atoms with Crippen LogP contribution in [0.25, 0.3) is 0 Å². The largest absolute Gasteiger partial charge is 0.494 e. The molecule has 0 fully saturated rings. The summed E-state index contributed by atoms with van der Waals surface area (Å²) < 4.78 is 7.48. The SMILES string of the molecule is CCOc1ccc([C@@H]2C(C(=O)Nc3ccccc3C)=C(C)Nc3nc(SCc4cc(C)ccc4C)nn32)cc1. The Kier molecular flexibility index (Phi) is 7.74. The summed E-state index contributed by atoms with van der Waals surface area (Å²) in [6.07, 6.45) is 0. The van der Waals surface area contributed by atoms with Crippen LogP contribution < -0.4 is 15.4 Å². The van der Waals surface area contributed by atoms with Gasteiger partial charge in [0, 0.05) is 17.1 Å². The van der Waals surface area contributed by atoms with E-state index in [0.29, 0.717) is 23.3 Å². The third-order valence-corrected chi connectivity index (χ3v) is 7.73. The normalized spacial score (nSPS) is 14.5. The molecular weight excluding hydrogens is 506 g/mol. The lowest BCUT2D eigenvalue weighted by molar-refractivity contribution is -0.113. The minimum Gasteiger partial charge on any atom is -0.494 e. The Bertz CT molecular complexity index is 1540. The van der Waals surface area contributed by atoms with Gasteiger partial charge in [0.05, 0.1) is 12.2 Å². The number of thioether (sulfide) groups is 1. The Balaban J connectivity index is 1.50. The first-order chi connectivity index (χ1) is 18.8. The van der Waals surface area contributed by atoms with Crippen molar-refractivity contribution < 1.29 is 9.53 Å². The van der Waals surface area contributed by atoms with Gasteiger partial charge in [0.1, 0.15) is 11.8 Å². The molecule has 0 spiro atoms. The summed E-state index contributed by atoms with van der Waals surface area (Å²) in [5, 5.41) is 12.0. The number of aryl methyl sites for hydroxylation is 3. The van der Waals surface area contributed by atoms with Crippen molar-refractivity contribution in [3.63, 3.8) is 0 Å². The first kappa shape index (κ1) is 26.6. The number of carbonyl (C=O) groups is 1. The molecule has 7 nitrogen and oxygen atoms in total. The highest BCUT2D eigenvalue weighted by Crippen LogP contribution is 2.38. The van der Waals surface area contributed by atoms with E-state index in [9.17, 15) is 4.79 Å². The molecular formula is C31H33N5O2S. The lowest BCUT2D eigenvalue weighted by atomic mass is 9.95. The lowest BCUT2D eigenvalue weighted by Gasteiger charge is -2.29. The molecule has 39 heavy (non-hydrogen) atoms. The molecule has 8 heteroatoms. The molecule has 1 aromatic heterocycles. The van der Waals surface area contributed by atoms with E-state index < -0.39 is 6.04 Å². The zero-order valence-corrected chi connectivity index (χ0v) is 23.7. The van der Waals surface area contributed by atoms with Crippen LogP contribution >= 0.6 is 11.8 Å². The summed E-state index contributed by atoms with van der Waals surface area (Å²) >= 11 is 1.59. The van der Waals surface area contributed by atoms with E-state index in [1.54, 1.807) is 11.8 Å². The van der Waals surface area contributed by atoms with E-state index in [-0.39, 0.29) is 5.91 Å². The molecule has 1 atom stereocenters. The molecule has 200 valence electrons. The van der Waals surface area contributed by atoms with Gasteiger partial charge >= 0.3 is 0 Å². The molecule has 0 bridgehead atoms. The van der Waals surface area contributed by atoms with Gasteiger partial charge in [-0.15, -0.1) is 5.10 Å². The first-order valence-corrected chi connectivity index (χ1v) is 14.1. The lowest BCUT2D eigenvalue weighted by Crippen LogP contribution is -2.31. The molecule has 0 aliphatic carbocycles. The number of aromatic nitrogens is 3. The second-order valence-corrected chi connectivity index (χ2v) is 10.7. The highest BCUT2D eigenvalue weighted by Gasteiger charge is 2.34. The second-order valence-electron chi connectivity index (χ2n) is 9.72. The van der Waals surface area contributed by atoms with Crippen molar-refractivity contribution in [3.8, 4) is 5.75 Å². The van der Waals surface area contributed by atoms with E-state index >= 15 is 0 Å². The number of anilines is 2. The first-order valence-electron chi connectivity index (χ1n) is 13.1. The van der Waals surface area contributed by atoms with Crippen molar-refractivity contribution in [1.82, 2.24) is 14.8 Å². The molecule has 4 aromatic rings. The average Bonchev–Trinajstić information content (AvgIpc) is 3.32. The van der Waals surface area contributed by atoms with Gasteiger partial charge < -0.3 is 15.4 Å². The fraction of sp³-hybridized carbons (Fsp3) is 0.258. The maximum Gasteiger partial charge on any atom is 0.255 e. The van der Waals surface area contributed by atoms with Crippen LogP contribution in [0.4, 0.5) is 11.6 Å². The topological polar surface area (TPSA) is 81.1 Å². The number of nitrogens with one attached hydrogen (secondary N) is 2. The third kappa shape index (κ3) is 5.71. The maximum absolute atomic E-state index is 13.8. The monoisotopic (exact) mass is 539 g/mol. The molecule has 1 aliphatic heterocycles. The fourth-order valence-electron chi connectivity index (χ4n) is 4.71. The van der Waals surface area contributed by atoms with Crippen molar-refractivity contribution in [3.05, 3.63) is 106 Å². The van der Waals surface area contributed by atoms with Crippen LogP contribution in [0.3, 0.4) is 0 Å². The predicted molar refractivity (Wildman–Crippen MR) is 157 cm³/mol. The van der Waals surface area contributed by atoms with Crippen LogP contribution in [-0.2, 0) is 10.5 Å². The molecule has 2 N–H and O–H groups in total. The Morgan fingerprint density at radius 1 is 1.03 bits per heavy atom. The van der Waals surface area contributed by atoms with Crippen LogP contribution in [0.5, 0.6) is 5.75 Å². The second kappa shape index (κ2) is 11.4. The van der Waals surface area contributed by atoms with Crippen molar-refractivity contribution in [2.24, 2.45) is 0 Å². The Morgan fingerprint density at radius 3 is 2.54 bits per heavy atom. The molecule has 0 radical (unpaired) electrons. The van der Waals surface area contributed by atoms with Gasteiger partial charge in [-0.05, 0) is 75.1 Å². The summed E-state index contributed by atoms with van der Waals surface area (Å²) in [6.45, 7) is 10.7. The zero-order chi connectivity index (χ0) is 27.5. The minimum atomic E-state index is -0.455. The molecule has 1 amide bonds. The summed E-state index contributed by atoms with van der Waals surface area (Å²) in [4.78, 5) is 18.6. The third-order valence-electron chi connectivity index (χ3n) is 6.84. The number of hydrogen-bond acceptors (Lipinski definition) is 6. The molecule has 0 unspecified atom stereocenters. The maximum atomic E-state index is 13.8. The van der Waals surface area contributed by atoms with Gasteiger partial charge in [-0.1, -0.05) is 65.9 Å². The van der Waals surface area contributed by atoms with Crippen LogP contribution in [0.15, 0.2) is 83.2 Å². The number of amides is 1. The van der Waals surface area contributed by atoms with Gasteiger partial charge in [-0.3, -0.25) is 4.79 Å². The van der Waals surface area contributed by atoms with Crippen LogP contribution in [0.2, 0.25) is 0 Å². The van der Waals surface area contributed by atoms with E-state index in [2.05, 4.69) is 42.7 Å². The van der Waals surface area contributed by atoms with E-state index in [1.807, 2.05) is 74.0 Å². The van der Waals surface area contributed by atoms with Crippen LogP contribution in [-0.4, -0.2) is 27.3 Å². The number of ether oxygens (including phenoxy) is 1. The van der Waals surface area contributed by atoms with E-state index in [4.69, 9.17) is 14.8 Å². The van der Waals surface area contributed by atoms with Crippen LogP contribution in [0.1, 0.15) is 47.7 Å². The van der Waals surface area contributed by atoms with Gasteiger partial charge in [-0.25, -0.2) is 4.68 Å². The Hall–Kier alpha value is -4.04. The smallest absolute Gasteiger partial charge is 0.255 e. The highest BCUT2D eigenvalue weighted by atomic mass is 32.2. The van der Waals surface area contributed by atoms with Gasteiger partial charge in [0.25, 0.3) is 5.91 Å². The fourth-order valence-corrected chi connectivity index (χ4v) is 5.60. The molecule has 5 rings (SSSR count). The number of carbonyl (C=O) groups excluding carboxylic acids is 1. The standard InChI is InChI=1S/C31H33N5O2S/c1-6-38-25-15-13-23(14-16-25)28-27(29(37)33-26-10-8-7-9-21(26)4)22(5)32-30-34-31(35-36(28)30)39-18-24-17-19(2)11-12-20(24)3/h7-17,28H,6,18H2,1-5H3,(H,33,37)(H,32,34,35)/t28-/m1/s1. The number of nitrogens with zero attached hydrogens (tertiary/aromatic N) is 3. The number of fused-ring (bicyclic) bond motifs is 1. The summed E-state index contributed by atoms with van der Waals surface area (Å²) in [7, 11) is 0. The van der Waals surface area contributed by atoms with Gasteiger partial charge in [-0.2, -0.15) is 4.98 Å². The van der Waals surface area contributed by atoms with E-state index in [0.717, 1.165) is 34.0 Å². The average molecular weight is 540 g/mol. The number of hydrogen-bond donors (Lipinski definition) is 2. The highest BCUT2D eigenvalue weighted by molar-refractivity contribution is 7.98. The quantitative estimate of drug-likeness (QED) is 0.239. The molecule has 1 aliphatic rings. The molecule has 3 aromatic carbocycles. The summed E-state index contributed by atoms with van der Waals surface area (Å²) in [5.41, 5.74) is 7.77. The number of rotatable bonds is 8. The van der Waals surface area contributed by atoms with Gasteiger partial charge in [0.2, 0.25) is 11.1 Å². The minimum absolute atomic E-state index is 0.182. The Labute approximate surface area is 233 Å².